The predicted octanol–water partition coefficient (Wildman–Crippen LogP) is 4.27. The lowest BCUT2D eigenvalue weighted by Crippen LogP contribution is -2.11. The van der Waals surface area contributed by atoms with E-state index in [0.29, 0.717) is 10.7 Å². The van der Waals surface area contributed by atoms with Crippen LogP contribution in [0.4, 0.5) is 0 Å². The van der Waals surface area contributed by atoms with Gasteiger partial charge >= 0.3 is 5.97 Å². The summed E-state index contributed by atoms with van der Waals surface area (Å²) in [7, 11) is 0. The van der Waals surface area contributed by atoms with E-state index in [1.165, 1.54) is 11.3 Å². The number of aromatic nitrogens is 3. The van der Waals surface area contributed by atoms with Crippen molar-refractivity contribution in [2.45, 2.75) is 43.2 Å². The maximum Gasteiger partial charge on any atom is 0.346 e. The van der Waals surface area contributed by atoms with Gasteiger partial charge in [0.2, 0.25) is 5.78 Å². The molecule has 1 aliphatic carbocycles. The van der Waals surface area contributed by atoms with Crippen LogP contribution in [-0.4, -0.2) is 31.7 Å². The Morgan fingerprint density at radius 3 is 2.68 bits per heavy atom. The summed E-state index contributed by atoms with van der Waals surface area (Å²) in [5, 5.41) is 9.53. The molecule has 0 aromatic carbocycles. The van der Waals surface area contributed by atoms with Crippen LogP contribution in [0.3, 0.4) is 0 Å². The van der Waals surface area contributed by atoms with Gasteiger partial charge in [0.05, 0.1) is 15.6 Å². The number of aromatic carboxylic acids is 1. The minimum Gasteiger partial charge on any atom is -0.477 e. The Bertz CT molecular complexity index is 1010. The Morgan fingerprint density at radius 2 is 2.04 bits per heavy atom. The van der Waals surface area contributed by atoms with Crippen LogP contribution in [0.25, 0.3) is 17.0 Å². The molecular formula is C18H19N3O2S2. The van der Waals surface area contributed by atoms with Gasteiger partial charge in [0, 0.05) is 23.4 Å². The summed E-state index contributed by atoms with van der Waals surface area (Å²) in [5.41, 5.74) is 4.94. The summed E-state index contributed by atoms with van der Waals surface area (Å²) < 4.78 is 3.01. The summed E-state index contributed by atoms with van der Waals surface area (Å²) in [5.74, 6) is -0.173. The number of hydrogen-bond donors (Lipinski definition) is 1. The second-order valence-electron chi connectivity index (χ2n) is 7.28. The molecule has 0 aliphatic heterocycles. The van der Waals surface area contributed by atoms with Gasteiger partial charge in [-0.2, -0.15) is 0 Å². The van der Waals surface area contributed by atoms with Gasteiger partial charge in [0.15, 0.2) is 0 Å². The van der Waals surface area contributed by atoms with E-state index in [1.807, 2.05) is 16.9 Å². The van der Waals surface area contributed by atoms with Crippen LogP contribution in [0.2, 0.25) is 0 Å². The lowest BCUT2D eigenvalue weighted by molar-refractivity contribution is 0.0701. The number of thioether (sulfide) groups is 1. The summed E-state index contributed by atoms with van der Waals surface area (Å²) >= 11 is 2.95. The van der Waals surface area contributed by atoms with Crippen molar-refractivity contribution < 1.29 is 9.90 Å². The molecule has 0 unspecified atom stereocenters. The second-order valence-corrected chi connectivity index (χ2v) is 9.38. The number of carbonyl (C=O) groups is 1. The summed E-state index contributed by atoms with van der Waals surface area (Å²) in [6.45, 7) is 6.41. The zero-order valence-corrected chi connectivity index (χ0v) is 16.2. The van der Waals surface area contributed by atoms with Crippen LogP contribution < -0.4 is 0 Å². The topological polar surface area (TPSA) is 67.5 Å². The summed E-state index contributed by atoms with van der Waals surface area (Å²) in [6, 6.07) is 0. The first kappa shape index (κ1) is 16.6. The molecule has 0 saturated heterocycles. The minimum absolute atomic E-state index is 0.0390. The Hall–Kier alpha value is -1.86. The summed E-state index contributed by atoms with van der Waals surface area (Å²) in [4.78, 5) is 21.6. The number of fused-ring (bicyclic) bond motifs is 4. The number of thiophene rings is 1. The average molecular weight is 374 g/mol. The zero-order chi connectivity index (χ0) is 17.9. The third-order valence-corrected chi connectivity index (χ3v) is 6.87. The fourth-order valence-corrected chi connectivity index (χ4v) is 5.15. The molecule has 0 atom stereocenters. The van der Waals surface area contributed by atoms with Gasteiger partial charge in [-0.1, -0.05) is 20.8 Å². The van der Waals surface area contributed by atoms with Gasteiger partial charge in [0.1, 0.15) is 4.88 Å². The molecule has 1 aliphatic rings. The molecule has 4 rings (SSSR count). The summed E-state index contributed by atoms with van der Waals surface area (Å²) in [6.07, 6.45) is 7.68. The van der Waals surface area contributed by atoms with Crippen molar-refractivity contribution in [3.8, 4) is 11.3 Å². The predicted molar refractivity (Wildman–Crippen MR) is 101 cm³/mol. The van der Waals surface area contributed by atoms with E-state index in [1.54, 1.807) is 11.8 Å². The largest absolute Gasteiger partial charge is 0.477 e. The highest BCUT2D eigenvalue weighted by atomic mass is 32.2. The van der Waals surface area contributed by atoms with E-state index in [0.717, 1.165) is 45.1 Å². The van der Waals surface area contributed by atoms with Crippen molar-refractivity contribution in [1.82, 2.24) is 14.4 Å². The van der Waals surface area contributed by atoms with Crippen molar-refractivity contribution in [3.63, 3.8) is 0 Å². The van der Waals surface area contributed by atoms with Crippen molar-refractivity contribution >= 4 is 34.8 Å². The van der Waals surface area contributed by atoms with Crippen LogP contribution >= 0.6 is 23.1 Å². The molecule has 3 aromatic rings. The first-order valence-corrected chi connectivity index (χ1v) is 10.2. The Labute approximate surface area is 154 Å². The number of rotatable bonds is 2. The fraction of sp³-hybridized carbons (Fsp3) is 0.389. The maximum atomic E-state index is 11.6. The van der Waals surface area contributed by atoms with Crippen LogP contribution in [0.1, 0.15) is 47.3 Å². The molecule has 0 fully saturated rings. The molecule has 5 nitrogen and oxygen atoms in total. The SMILES string of the molecule is CSc1sc(C(=O)O)c2c1-c1nc3nc(C(C)(C)C)cn3cc1CC2. The minimum atomic E-state index is -0.845. The van der Waals surface area contributed by atoms with Gasteiger partial charge in [-0.3, -0.25) is 4.40 Å². The molecule has 130 valence electrons. The highest BCUT2D eigenvalue weighted by molar-refractivity contribution is 8.00. The number of carboxylic acid groups (broad SMARTS) is 1. The maximum absolute atomic E-state index is 11.6. The van der Waals surface area contributed by atoms with Crippen molar-refractivity contribution in [2.75, 3.05) is 6.26 Å². The van der Waals surface area contributed by atoms with Crippen molar-refractivity contribution in [3.05, 3.63) is 34.1 Å². The molecule has 25 heavy (non-hydrogen) atoms. The molecule has 1 N–H and O–H groups in total. The first-order chi connectivity index (χ1) is 11.8. The molecule has 0 bridgehead atoms. The van der Waals surface area contributed by atoms with Gasteiger partial charge in [-0.25, -0.2) is 14.8 Å². The standard InChI is InChI=1S/C18H19N3O2S2/c1-18(2,3)11-8-21-7-9-5-6-10-12(13(9)20-17(21)19-11)16(24-4)25-14(10)15(22)23/h7-8H,5-6H2,1-4H3,(H,22,23). The number of aryl methyl sites for hydroxylation is 1. The molecule has 3 heterocycles. The van der Waals surface area contributed by atoms with Gasteiger partial charge < -0.3 is 5.11 Å². The lowest BCUT2D eigenvalue weighted by Gasteiger charge is -2.17. The zero-order valence-electron chi connectivity index (χ0n) is 14.6. The Kier molecular flexibility index (Phi) is 3.70. The van der Waals surface area contributed by atoms with Crippen LogP contribution in [0, 0.1) is 0 Å². The molecular weight excluding hydrogens is 354 g/mol. The highest BCUT2D eigenvalue weighted by Gasteiger charge is 2.29. The van der Waals surface area contributed by atoms with E-state index in [-0.39, 0.29) is 5.41 Å². The molecule has 7 heteroatoms. The number of imidazole rings is 1. The van der Waals surface area contributed by atoms with Crippen LogP contribution in [-0.2, 0) is 18.3 Å². The van der Waals surface area contributed by atoms with Gasteiger partial charge in [0.25, 0.3) is 0 Å². The molecule has 3 aromatic heterocycles. The molecule has 0 amide bonds. The first-order valence-electron chi connectivity index (χ1n) is 8.12. The quantitative estimate of drug-likeness (QED) is 0.679. The monoisotopic (exact) mass is 373 g/mol. The molecule has 0 radical (unpaired) electrons. The molecule has 0 spiro atoms. The van der Waals surface area contributed by atoms with E-state index in [9.17, 15) is 9.90 Å². The number of hydrogen-bond acceptors (Lipinski definition) is 5. The Morgan fingerprint density at radius 1 is 1.28 bits per heavy atom. The van der Waals surface area contributed by atoms with Crippen LogP contribution in [0.15, 0.2) is 16.6 Å². The highest BCUT2D eigenvalue weighted by Crippen LogP contribution is 2.45. The van der Waals surface area contributed by atoms with Crippen molar-refractivity contribution in [2.24, 2.45) is 0 Å². The van der Waals surface area contributed by atoms with Gasteiger partial charge in [-0.15, -0.1) is 23.1 Å². The van der Waals surface area contributed by atoms with Crippen molar-refractivity contribution in [1.29, 1.82) is 0 Å². The van der Waals surface area contributed by atoms with Gasteiger partial charge in [-0.05, 0) is 30.2 Å². The smallest absolute Gasteiger partial charge is 0.346 e. The Balaban J connectivity index is 1.97. The third kappa shape index (κ3) is 2.57. The lowest BCUT2D eigenvalue weighted by atomic mass is 9.91. The van der Waals surface area contributed by atoms with E-state index < -0.39 is 5.97 Å². The van der Waals surface area contributed by atoms with E-state index in [4.69, 9.17) is 9.97 Å². The second kappa shape index (κ2) is 5.57. The molecule has 0 saturated carbocycles. The average Bonchev–Trinajstić information content (AvgIpc) is 3.13. The number of carboxylic acids is 1. The normalized spacial score (nSPS) is 13.8. The van der Waals surface area contributed by atoms with E-state index >= 15 is 0 Å². The van der Waals surface area contributed by atoms with Crippen LogP contribution in [0.5, 0.6) is 0 Å². The fourth-order valence-electron chi connectivity index (χ4n) is 3.22. The van der Waals surface area contributed by atoms with E-state index in [2.05, 4.69) is 27.0 Å². The number of nitrogens with zero attached hydrogens (tertiary/aromatic N) is 3. The third-order valence-electron chi connectivity index (χ3n) is 4.53.